The van der Waals surface area contributed by atoms with Crippen molar-refractivity contribution < 1.29 is 0 Å². The molecule has 0 radical (unpaired) electrons. The van der Waals surface area contributed by atoms with Gasteiger partial charge in [0.1, 0.15) is 0 Å². The SMILES string of the molecule is NC(CCBr)c1c2ccccc2nc2ccccc12. The monoisotopic (exact) mass is 314 g/mol. The van der Waals surface area contributed by atoms with Gasteiger partial charge >= 0.3 is 0 Å². The maximum absolute atomic E-state index is 6.38. The summed E-state index contributed by atoms with van der Waals surface area (Å²) >= 11 is 3.48. The van der Waals surface area contributed by atoms with Gasteiger partial charge in [0, 0.05) is 22.1 Å². The average molecular weight is 315 g/mol. The van der Waals surface area contributed by atoms with Gasteiger partial charge in [-0.05, 0) is 24.1 Å². The molecule has 0 saturated carbocycles. The van der Waals surface area contributed by atoms with Crippen LogP contribution in [0.1, 0.15) is 18.0 Å². The van der Waals surface area contributed by atoms with Crippen LogP contribution in [0.5, 0.6) is 0 Å². The fraction of sp³-hybridized carbons (Fsp3) is 0.188. The van der Waals surface area contributed by atoms with Crippen LogP contribution in [-0.4, -0.2) is 10.3 Å². The quantitative estimate of drug-likeness (QED) is 0.582. The van der Waals surface area contributed by atoms with E-state index in [9.17, 15) is 0 Å². The second kappa shape index (κ2) is 5.27. The van der Waals surface area contributed by atoms with Gasteiger partial charge in [0.15, 0.2) is 0 Å². The Morgan fingerprint density at radius 3 is 2.00 bits per heavy atom. The zero-order chi connectivity index (χ0) is 13.2. The van der Waals surface area contributed by atoms with Gasteiger partial charge in [-0.1, -0.05) is 52.3 Å². The topological polar surface area (TPSA) is 38.9 Å². The Labute approximate surface area is 120 Å². The number of para-hydroxylation sites is 2. The Morgan fingerprint density at radius 2 is 1.47 bits per heavy atom. The van der Waals surface area contributed by atoms with E-state index >= 15 is 0 Å². The molecule has 0 spiro atoms. The van der Waals surface area contributed by atoms with Crippen LogP contribution in [0.3, 0.4) is 0 Å². The normalized spacial score (nSPS) is 12.9. The molecule has 0 aliphatic carbocycles. The molecule has 19 heavy (non-hydrogen) atoms. The number of nitrogens with zero attached hydrogens (tertiary/aromatic N) is 1. The lowest BCUT2D eigenvalue weighted by atomic mass is 9.96. The molecule has 2 aromatic carbocycles. The first-order chi connectivity index (χ1) is 9.31. The van der Waals surface area contributed by atoms with Crippen LogP contribution >= 0.6 is 15.9 Å². The lowest BCUT2D eigenvalue weighted by Gasteiger charge is -2.16. The van der Waals surface area contributed by atoms with E-state index in [1.807, 2.05) is 36.4 Å². The van der Waals surface area contributed by atoms with Crippen LogP contribution in [0.25, 0.3) is 21.8 Å². The predicted molar refractivity (Wildman–Crippen MR) is 84.6 cm³/mol. The van der Waals surface area contributed by atoms with Crippen molar-refractivity contribution >= 4 is 37.7 Å². The molecule has 0 amide bonds. The molecule has 0 aliphatic heterocycles. The molecular formula is C16H15BrN2. The molecule has 1 unspecified atom stereocenters. The van der Waals surface area contributed by atoms with E-state index in [4.69, 9.17) is 10.7 Å². The van der Waals surface area contributed by atoms with Gasteiger partial charge in [0.2, 0.25) is 0 Å². The molecule has 1 heterocycles. The highest BCUT2D eigenvalue weighted by atomic mass is 79.9. The summed E-state index contributed by atoms with van der Waals surface area (Å²) in [4.78, 5) is 4.71. The van der Waals surface area contributed by atoms with Crippen molar-refractivity contribution in [1.82, 2.24) is 4.98 Å². The van der Waals surface area contributed by atoms with Crippen molar-refractivity contribution in [3.63, 3.8) is 0 Å². The van der Waals surface area contributed by atoms with Crippen LogP contribution in [0.4, 0.5) is 0 Å². The summed E-state index contributed by atoms with van der Waals surface area (Å²) in [6.07, 6.45) is 0.915. The molecule has 2 nitrogen and oxygen atoms in total. The minimum Gasteiger partial charge on any atom is -0.324 e. The number of fused-ring (bicyclic) bond motifs is 2. The molecule has 1 aromatic heterocycles. The third-order valence-corrected chi connectivity index (χ3v) is 3.88. The number of hydrogen-bond donors (Lipinski definition) is 1. The van der Waals surface area contributed by atoms with Crippen molar-refractivity contribution in [3.8, 4) is 0 Å². The first-order valence-electron chi connectivity index (χ1n) is 6.40. The van der Waals surface area contributed by atoms with E-state index in [-0.39, 0.29) is 6.04 Å². The summed E-state index contributed by atoms with van der Waals surface area (Å²) in [5.41, 5.74) is 9.62. The predicted octanol–water partition coefficient (Wildman–Crippen LogP) is 4.17. The van der Waals surface area contributed by atoms with E-state index < -0.39 is 0 Å². The van der Waals surface area contributed by atoms with Gasteiger partial charge < -0.3 is 5.73 Å². The molecule has 3 aromatic rings. The van der Waals surface area contributed by atoms with Gasteiger partial charge in [0.05, 0.1) is 11.0 Å². The summed E-state index contributed by atoms with van der Waals surface area (Å²) in [6, 6.07) is 16.5. The average Bonchev–Trinajstić information content (AvgIpc) is 2.44. The fourth-order valence-corrected chi connectivity index (χ4v) is 3.03. The fourth-order valence-electron chi connectivity index (χ4n) is 2.53. The number of rotatable bonds is 3. The molecular weight excluding hydrogens is 300 g/mol. The second-order valence-corrected chi connectivity index (χ2v) is 5.44. The Bertz CT molecular complexity index is 670. The standard InChI is InChI=1S/C16H15BrN2/c17-10-9-13(18)16-11-5-1-3-7-14(11)19-15-8-4-2-6-12(15)16/h1-8,13H,9-10,18H2. The Hall–Kier alpha value is -1.45. The summed E-state index contributed by atoms with van der Waals surface area (Å²) < 4.78 is 0. The molecule has 2 N–H and O–H groups in total. The molecule has 1 atom stereocenters. The lowest BCUT2D eigenvalue weighted by molar-refractivity contribution is 0.719. The smallest absolute Gasteiger partial charge is 0.0713 e. The lowest BCUT2D eigenvalue weighted by Crippen LogP contribution is -2.12. The Kier molecular flexibility index (Phi) is 3.49. The van der Waals surface area contributed by atoms with E-state index in [0.717, 1.165) is 33.6 Å². The molecule has 0 aliphatic rings. The Morgan fingerprint density at radius 1 is 0.947 bits per heavy atom. The maximum atomic E-state index is 6.38. The Balaban J connectivity index is 2.39. The van der Waals surface area contributed by atoms with E-state index in [0.29, 0.717) is 0 Å². The molecule has 96 valence electrons. The summed E-state index contributed by atoms with van der Waals surface area (Å²) in [5, 5.41) is 3.23. The van der Waals surface area contributed by atoms with Gasteiger partial charge in [-0.2, -0.15) is 0 Å². The van der Waals surface area contributed by atoms with Crippen LogP contribution in [0.15, 0.2) is 48.5 Å². The highest BCUT2D eigenvalue weighted by Crippen LogP contribution is 2.31. The summed E-state index contributed by atoms with van der Waals surface area (Å²) in [5.74, 6) is 0. The highest BCUT2D eigenvalue weighted by Gasteiger charge is 2.14. The number of hydrogen-bond acceptors (Lipinski definition) is 2. The number of pyridine rings is 1. The van der Waals surface area contributed by atoms with Gasteiger partial charge in [0.25, 0.3) is 0 Å². The minimum absolute atomic E-state index is 0.0252. The molecule has 3 heteroatoms. The van der Waals surface area contributed by atoms with Crippen molar-refractivity contribution in [3.05, 3.63) is 54.1 Å². The number of aromatic nitrogens is 1. The maximum Gasteiger partial charge on any atom is 0.0713 e. The number of alkyl halides is 1. The number of nitrogens with two attached hydrogens (primary N) is 1. The third-order valence-electron chi connectivity index (χ3n) is 3.42. The highest BCUT2D eigenvalue weighted by molar-refractivity contribution is 9.09. The van der Waals surface area contributed by atoms with Gasteiger partial charge in [-0.15, -0.1) is 0 Å². The van der Waals surface area contributed by atoms with Crippen LogP contribution in [0.2, 0.25) is 0 Å². The molecule has 0 fully saturated rings. The van der Waals surface area contributed by atoms with Gasteiger partial charge in [-0.3, -0.25) is 0 Å². The van der Waals surface area contributed by atoms with Crippen molar-refractivity contribution in [2.24, 2.45) is 5.73 Å². The molecule has 0 saturated heterocycles. The van der Waals surface area contributed by atoms with Crippen LogP contribution < -0.4 is 5.73 Å². The third kappa shape index (κ3) is 2.24. The van der Waals surface area contributed by atoms with Crippen molar-refractivity contribution in [2.75, 3.05) is 5.33 Å². The van der Waals surface area contributed by atoms with E-state index in [1.54, 1.807) is 0 Å². The number of benzene rings is 2. The second-order valence-electron chi connectivity index (χ2n) is 4.64. The van der Waals surface area contributed by atoms with Crippen LogP contribution in [-0.2, 0) is 0 Å². The zero-order valence-electron chi connectivity index (χ0n) is 10.5. The summed E-state index contributed by atoms with van der Waals surface area (Å²) in [7, 11) is 0. The largest absolute Gasteiger partial charge is 0.324 e. The first-order valence-corrected chi connectivity index (χ1v) is 7.52. The summed E-state index contributed by atoms with van der Waals surface area (Å²) in [6.45, 7) is 0. The minimum atomic E-state index is 0.0252. The number of halogens is 1. The zero-order valence-corrected chi connectivity index (χ0v) is 12.1. The van der Waals surface area contributed by atoms with Gasteiger partial charge in [-0.25, -0.2) is 4.98 Å². The van der Waals surface area contributed by atoms with Crippen LogP contribution in [0, 0.1) is 0 Å². The van der Waals surface area contributed by atoms with Crippen molar-refractivity contribution in [2.45, 2.75) is 12.5 Å². The first kappa shape index (κ1) is 12.6. The molecule has 3 rings (SSSR count). The molecule has 0 bridgehead atoms. The van der Waals surface area contributed by atoms with Crippen molar-refractivity contribution in [1.29, 1.82) is 0 Å². The van der Waals surface area contributed by atoms with E-state index in [1.165, 1.54) is 5.56 Å². The van der Waals surface area contributed by atoms with E-state index in [2.05, 4.69) is 28.1 Å².